The lowest BCUT2D eigenvalue weighted by Crippen LogP contribution is -2.43. The summed E-state index contributed by atoms with van der Waals surface area (Å²) < 4.78 is 0. The van der Waals surface area contributed by atoms with Gasteiger partial charge in [0.25, 0.3) is 5.91 Å². The highest BCUT2D eigenvalue weighted by atomic mass is 16.3. The van der Waals surface area contributed by atoms with Crippen molar-refractivity contribution in [3.63, 3.8) is 0 Å². The van der Waals surface area contributed by atoms with E-state index in [1.54, 1.807) is 30.3 Å². The van der Waals surface area contributed by atoms with Crippen LogP contribution in [-0.4, -0.2) is 45.2 Å². The normalized spacial score (nSPS) is 15.0. The van der Waals surface area contributed by atoms with Crippen LogP contribution in [0.4, 0.5) is 0 Å². The van der Waals surface area contributed by atoms with Crippen molar-refractivity contribution in [2.45, 2.75) is 25.9 Å². The molecule has 0 unspecified atom stereocenters. The number of H-pyrrole nitrogens is 1. The molecule has 1 aromatic heterocycles. The third kappa shape index (κ3) is 4.07. The number of aromatic hydroxyl groups is 1. The summed E-state index contributed by atoms with van der Waals surface area (Å²) in [4.78, 5) is 14.9. The van der Waals surface area contributed by atoms with Crippen LogP contribution < -0.4 is 5.32 Å². The van der Waals surface area contributed by atoms with Crippen LogP contribution in [0.2, 0.25) is 0 Å². The molecule has 0 spiro atoms. The molecule has 0 fully saturated rings. The van der Waals surface area contributed by atoms with E-state index in [-0.39, 0.29) is 17.7 Å². The molecule has 28 heavy (non-hydrogen) atoms. The Kier molecular flexibility index (Phi) is 5.12. The Morgan fingerprint density at radius 3 is 2.75 bits per heavy atom. The number of nitrogens with zero attached hydrogens (tertiary/aromatic N) is 2. The Bertz CT molecular complexity index is 965. The monoisotopic (exact) mass is 376 g/mol. The van der Waals surface area contributed by atoms with Crippen molar-refractivity contribution in [3.05, 3.63) is 71.4 Å². The molecular weight excluding hydrogens is 352 g/mol. The summed E-state index contributed by atoms with van der Waals surface area (Å²) in [5.41, 5.74) is 4.74. The van der Waals surface area contributed by atoms with Gasteiger partial charge in [-0.2, -0.15) is 5.10 Å². The molecule has 0 saturated heterocycles. The molecule has 6 nitrogen and oxygen atoms in total. The first-order valence-electron chi connectivity index (χ1n) is 9.53. The molecule has 3 aromatic rings. The second kappa shape index (κ2) is 7.86. The van der Waals surface area contributed by atoms with Crippen LogP contribution >= 0.6 is 0 Å². The van der Waals surface area contributed by atoms with E-state index >= 15 is 0 Å². The van der Waals surface area contributed by atoms with Crippen LogP contribution in [0.15, 0.2) is 54.6 Å². The fraction of sp³-hybridized carbons (Fsp3) is 0.273. The molecule has 3 N–H and O–H groups in total. The van der Waals surface area contributed by atoms with Crippen molar-refractivity contribution >= 4 is 5.91 Å². The minimum Gasteiger partial charge on any atom is -0.508 e. The maximum absolute atomic E-state index is 12.6. The third-order valence-corrected chi connectivity index (χ3v) is 5.10. The maximum atomic E-state index is 12.6. The first kappa shape index (κ1) is 18.3. The van der Waals surface area contributed by atoms with Crippen LogP contribution in [0.1, 0.15) is 28.5 Å². The highest BCUT2D eigenvalue weighted by Gasteiger charge is 2.19. The molecule has 0 bridgehead atoms. The van der Waals surface area contributed by atoms with Gasteiger partial charge < -0.3 is 10.4 Å². The fourth-order valence-corrected chi connectivity index (χ4v) is 3.66. The molecule has 6 heteroatoms. The van der Waals surface area contributed by atoms with E-state index in [0.29, 0.717) is 11.4 Å². The number of aromatic amines is 1. The number of carbonyl (C=O) groups excluding carboxylic acids is 1. The molecule has 0 radical (unpaired) electrons. The molecule has 2 aromatic carbocycles. The number of hydrogen-bond acceptors (Lipinski definition) is 4. The van der Waals surface area contributed by atoms with Crippen molar-refractivity contribution < 1.29 is 9.90 Å². The van der Waals surface area contributed by atoms with E-state index in [1.165, 1.54) is 11.1 Å². The van der Waals surface area contributed by atoms with Crippen LogP contribution in [0.3, 0.4) is 0 Å². The van der Waals surface area contributed by atoms with Gasteiger partial charge in [0.2, 0.25) is 0 Å². The van der Waals surface area contributed by atoms with Crippen molar-refractivity contribution in [1.29, 1.82) is 0 Å². The Labute approximate surface area is 164 Å². The first-order chi connectivity index (χ1) is 13.6. The third-order valence-electron chi connectivity index (χ3n) is 5.10. The predicted octanol–water partition coefficient (Wildman–Crippen LogP) is 2.96. The lowest BCUT2D eigenvalue weighted by molar-refractivity contribution is 0.0922. The summed E-state index contributed by atoms with van der Waals surface area (Å²) in [6, 6.07) is 17.0. The Hall–Kier alpha value is -3.12. The smallest absolute Gasteiger partial charge is 0.269 e. The van der Waals surface area contributed by atoms with Crippen molar-refractivity contribution in [3.8, 4) is 17.0 Å². The lowest BCUT2D eigenvalue weighted by Gasteiger charge is -2.31. The second-order valence-corrected chi connectivity index (χ2v) is 7.34. The van der Waals surface area contributed by atoms with Crippen LogP contribution in [-0.2, 0) is 13.0 Å². The van der Waals surface area contributed by atoms with Gasteiger partial charge in [0.15, 0.2) is 0 Å². The number of amides is 1. The number of carbonyl (C=O) groups is 1. The maximum Gasteiger partial charge on any atom is 0.269 e. The summed E-state index contributed by atoms with van der Waals surface area (Å²) in [6.07, 6.45) is 1.05. The van der Waals surface area contributed by atoms with Crippen molar-refractivity contribution in [1.82, 2.24) is 20.4 Å². The molecule has 1 aliphatic heterocycles. The van der Waals surface area contributed by atoms with Gasteiger partial charge in [0.05, 0.1) is 5.69 Å². The van der Waals surface area contributed by atoms with Crippen LogP contribution in [0.25, 0.3) is 11.3 Å². The number of fused-ring (bicyclic) bond motifs is 1. The molecule has 1 amide bonds. The summed E-state index contributed by atoms with van der Waals surface area (Å²) in [6.45, 7) is 4.76. The quantitative estimate of drug-likeness (QED) is 0.639. The summed E-state index contributed by atoms with van der Waals surface area (Å²) in [7, 11) is 0. The zero-order valence-electron chi connectivity index (χ0n) is 15.9. The molecular formula is C22H24N4O2. The van der Waals surface area contributed by atoms with Crippen molar-refractivity contribution in [2.24, 2.45) is 0 Å². The van der Waals surface area contributed by atoms with Gasteiger partial charge in [-0.05, 0) is 54.8 Å². The molecule has 1 atom stereocenters. The van der Waals surface area contributed by atoms with Gasteiger partial charge in [0.1, 0.15) is 11.4 Å². The lowest BCUT2D eigenvalue weighted by atomic mass is 10.00. The Morgan fingerprint density at radius 1 is 1.21 bits per heavy atom. The standard InChI is InChI=1S/C22H24N4O2/c1-15(13-26-11-10-16-4-2-3-5-18(16)14-26)23-22(28)21-12-20(24-25-21)17-6-8-19(27)9-7-17/h2-9,12,15,27H,10-11,13-14H2,1H3,(H,23,28)(H,24,25)/t15-/m0/s1. The van der Waals surface area contributed by atoms with Crippen LogP contribution in [0.5, 0.6) is 5.75 Å². The number of hydrogen-bond donors (Lipinski definition) is 3. The molecule has 1 aliphatic rings. The first-order valence-corrected chi connectivity index (χ1v) is 9.53. The molecule has 4 rings (SSSR count). The number of aromatic nitrogens is 2. The topological polar surface area (TPSA) is 81.2 Å². The average Bonchev–Trinajstić information content (AvgIpc) is 3.19. The minimum absolute atomic E-state index is 0.0261. The molecule has 144 valence electrons. The highest BCUT2D eigenvalue weighted by molar-refractivity contribution is 5.93. The van der Waals surface area contributed by atoms with Gasteiger partial charge in [-0.15, -0.1) is 0 Å². The van der Waals surface area contributed by atoms with Crippen molar-refractivity contribution in [2.75, 3.05) is 13.1 Å². The van der Waals surface area contributed by atoms with Crippen LogP contribution in [0, 0.1) is 0 Å². The summed E-state index contributed by atoms with van der Waals surface area (Å²) in [5, 5.41) is 19.4. The van der Waals surface area contributed by atoms with E-state index in [9.17, 15) is 9.90 Å². The second-order valence-electron chi connectivity index (χ2n) is 7.34. The van der Waals surface area contributed by atoms with E-state index in [1.807, 2.05) is 6.92 Å². The number of nitrogens with one attached hydrogen (secondary N) is 2. The largest absolute Gasteiger partial charge is 0.508 e. The number of phenolic OH excluding ortho intramolecular Hbond substituents is 1. The van der Waals surface area contributed by atoms with E-state index < -0.39 is 0 Å². The number of rotatable bonds is 5. The summed E-state index contributed by atoms with van der Waals surface area (Å²) >= 11 is 0. The Morgan fingerprint density at radius 2 is 1.96 bits per heavy atom. The van der Waals surface area contributed by atoms with E-state index in [2.05, 4.69) is 44.7 Å². The zero-order chi connectivity index (χ0) is 19.5. The van der Waals surface area contributed by atoms with Gasteiger partial charge in [-0.25, -0.2) is 0 Å². The SMILES string of the molecule is C[C@@H](CN1CCc2ccccc2C1)NC(=O)c1cc(-c2ccc(O)cc2)n[nH]1. The van der Waals surface area contributed by atoms with E-state index in [0.717, 1.165) is 31.6 Å². The average molecular weight is 376 g/mol. The van der Waals surface area contributed by atoms with Gasteiger partial charge in [0, 0.05) is 31.2 Å². The van der Waals surface area contributed by atoms with Gasteiger partial charge in [-0.3, -0.25) is 14.8 Å². The predicted molar refractivity (Wildman–Crippen MR) is 108 cm³/mol. The molecule has 2 heterocycles. The summed E-state index contributed by atoms with van der Waals surface area (Å²) in [5.74, 6) is 0.0360. The van der Waals surface area contributed by atoms with Gasteiger partial charge in [-0.1, -0.05) is 24.3 Å². The number of phenols is 1. The number of benzene rings is 2. The Balaban J connectivity index is 1.34. The molecule has 0 aliphatic carbocycles. The fourth-order valence-electron chi connectivity index (χ4n) is 3.66. The van der Waals surface area contributed by atoms with E-state index in [4.69, 9.17) is 0 Å². The molecule has 0 saturated carbocycles. The zero-order valence-corrected chi connectivity index (χ0v) is 15.9. The van der Waals surface area contributed by atoms with Gasteiger partial charge >= 0.3 is 0 Å². The minimum atomic E-state index is -0.164. The highest BCUT2D eigenvalue weighted by Crippen LogP contribution is 2.21.